The van der Waals surface area contributed by atoms with Crippen LogP contribution < -0.4 is 0 Å². The fraction of sp³-hybridized carbons (Fsp3) is 0.727. The van der Waals surface area contributed by atoms with Gasteiger partial charge in [-0.15, -0.1) is 0 Å². The summed E-state index contributed by atoms with van der Waals surface area (Å²) in [5.74, 6) is 1.01. The van der Waals surface area contributed by atoms with Gasteiger partial charge in [-0.1, -0.05) is 30.2 Å². The Hall–Kier alpha value is -1.22. The highest BCUT2D eigenvalue weighted by atomic mass is 16.3. The van der Waals surface area contributed by atoms with Crippen molar-refractivity contribution < 1.29 is 14.7 Å². The van der Waals surface area contributed by atoms with Gasteiger partial charge in [0, 0.05) is 11.8 Å². The molecule has 0 aromatic rings. The molecule has 25 heavy (non-hydrogen) atoms. The largest absolute Gasteiger partial charge is 0.390 e. The third-order valence-electron chi connectivity index (χ3n) is 5.40. The van der Waals surface area contributed by atoms with Crippen LogP contribution in [0.15, 0.2) is 23.3 Å². The van der Waals surface area contributed by atoms with E-state index in [9.17, 15) is 14.7 Å². The minimum Gasteiger partial charge on any atom is -0.390 e. The first-order valence-corrected chi connectivity index (χ1v) is 9.74. The number of carbonyl (C=O) groups is 2. The molecular formula is C22H36O3. The molecule has 0 saturated carbocycles. The molecule has 3 heteroatoms. The Balaban J connectivity index is 0.000000271. The number of allylic oxidation sites excluding steroid dienone is 4. The van der Waals surface area contributed by atoms with Gasteiger partial charge in [0.1, 0.15) is 12.6 Å². The average molecular weight is 349 g/mol. The van der Waals surface area contributed by atoms with Gasteiger partial charge in [-0.2, -0.15) is 0 Å². The first kappa shape index (κ1) is 21.8. The van der Waals surface area contributed by atoms with Crippen molar-refractivity contribution in [1.29, 1.82) is 0 Å². The Labute approximate surface area is 153 Å². The van der Waals surface area contributed by atoms with E-state index >= 15 is 0 Å². The van der Waals surface area contributed by atoms with Crippen LogP contribution in [0.3, 0.4) is 0 Å². The molecular weight excluding hydrogens is 312 g/mol. The molecule has 0 bridgehead atoms. The zero-order valence-electron chi connectivity index (χ0n) is 16.5. The highest BCUT2D eigenvalue weighted by Gasteiger charge is 2.20. The van der Waals surface area contributed by atoms with E-state index in [2.05, 4.69) is 26.0 Å². The van der Waals surface area contributed by atoms with Crippen LogP contribution in [0.25, 0.3) is 0 Å². The van der Waals surface area contributed by atoms with Crippen molar-refractivity contribution in [3.63, 3.8) is 0 Å². The highest BCUT2D eigenvalue weighted by molar-refractivity contribution is 5.59. The topological polar surface area (TPSA) is 54.4 Å². The normalized spacial score (nSPS) is 26.7. The summed E-state index contributed by atoms with van der Waals surface area (Å²) in [6, 6.07) is 0. The van der Waals surface area contributed by atoms with Gasteiger partial charge in [0.25, 0.3) is 0 Å². The standard InChI is InChI=1S/C13H22O2.C9H14O/c1-13(2,15)9-3-4-11-5-7-12(10-14)8-6-11;1-7-4-3-5-8(2)9(7)6-10/h5,10,12,15H,3-4,6-9H2,1-2H3;4,6,8-9H,3,5H2,1-2H3. The quantitative estimate of drug-likeness (QED) is 0.541. The number of aliphatic hydroxyl groups is 1. The second-order valence-corrected chi connectivity index (χ2v) is 8.36. The van der Waals surface area contributed by atoms with Crippen molar-refractivity contribution in [2.24, 2.45) is 17.8 Å². The van der Waals surface area contributed by atoms with Gasteiger partial charge >= 0.3 is 0 Å². The fourth-order valence-electron chi connectivity index (χ4n) is 3.59. The molecule has 0 spiro atoms. The molecule has 3 atom stereocenters. The van der Waals surface area contributed by atoms with E-state index in [1.54, 1.807) is 0 Å². The van der Waals surface area contributed by atoms with E-state index < -0.39 is 5.60 Å². The second kappa shape index (κ2) is 10.7. The molecule has 0 amide bonds. The first-order chi connectivity index (χ1) is 11.8. The maximum atomic E-state index is 10.5. The van der Waals surface area contributed by atoms with E-state index in [0.717, 1.165) is 57.5 Å². The summed E-state index contributed by atoms with van der Waals surface area (Å²) in [4.78, 5) is 21.1. The summed E-state index contributed by atoms with van der Waals surface area (Å²) >= 11 is 0. The van der Waals surface area contributed by atoms with Crippen LogP contribution in [-0.2, 0) is 9.59 Å². The third-order valence-corrected chi connectivity index (χ3v) is 5.40. The molecule has 2 aliphatic carbocycles. The van der Waals surface area contributed by atoms with Crippen molar-refractivity contribution in [2.75, 3.05) is 0 Å². The Morgan fingerprint density at radius 3 is 2.36 bits per heavy atom. The molecule has 0 saturated heterocycles. The van der Waals surface area contributed by atoms with Gasteiger partial charge in [-0.05, 0) is 78.1 Å². The molecule has 0 aromatic heterocycles. The minimum atomic E-state index is -0.541. The molecule has 0 heterocycles. The lowest BCUT2D eigenvalue weighted by Gasteiger charge is -2.23. The molecule has 0 aliphatic heterocycles. The Morgan fingerprint density at radius 2 is 1.92 bits per heavy atom. The summed E-state index contributed by atoms with van der Waals surface area (Å²) in [5, 5.41) is 9.56. The molecule has 2 aliphatic rings. The predicted octanol–water partition coefficient (Wildman–Crippen LogP) is 5.03. The number of hydrogen-bond donors (Lipinski definition) is 1. The monoisotopic (exact) mass is 348 g/mol. The summed E-state index contributed by atoms with van der Waals surface area (Å²) < 4.78 is 0. The lowest BCUT2D eigenvalue weighted by molar-refractivity contribution is -0.112. The van der Waals surface area contributed by atoms with Crippen LogP contribution in [0.5, 0.6) is 0 Å². The SMILES string of the molecule is CC(C)(O)CCCC1=CCC(C=O)CC1.CC1=CCCC(C)C1C=O. The summed E-state index contributed by atoms with van der Waals surface area (Å²) in [6.45, 7) is 7.90. The van der Waals surface area contributed by atoms with Crippen LogP contribution in [-0.4, -0.2) is 23.3 Å². The van der Waals surface area contributed by atoms with E-state index in [1.807, 2.05) is 13.8 Å². The fourth-order valence-corrected chi connectivity index (χ4v) is 3.59. The van der Waals surface area contributed by atoms with Crippen molar-refractivity contribution in [1.82, 2.24) is 0 Å². The maximum Gasteiger partial charge on any atom is 0.127 e. The van der Waals surface area contributed by atoms with Crippen molar-refractivity contribution >= 4 is 12.6 Å². The van der Waals surface area contributed by atoms with Gasteiger partial charge in [0.15, 0.2) is 0 Å². The van der Waals surface area contributed by atoms with Crippen molar-refractivity contribution in [3.05, 3.63) is 23.3 Å². The lowest BCUT2D eigenvalue weighted by Crippen LogP contribution is -2.18. The molecule has 0 aromatic carbocycles. The zero-order valence-corrected chi connectivity index (χ0v) is 16.5. The van der Waals surface area contributed by atoms with Gasteiger partial charge in [0.2, 0.25) is 0 Å². The van der Waals surface area contributed by atoms with E-state index in [-0.39, 0.29) is 11.8 Å². The minimum absolute atomic E-state index is 0.203. The van der Waals surface area contributed by atoms with Gasteiger partial charge in [-0.3, -0.25) is 0 Å². The smallest absolute Gasteiger partial charge is 0.127 e. The lowest BCUT2D eigenvalue weighted by atomic mass is 9.81. The summed E-state index contributed by atoms with van der Waals surface area (Å²) in [5.41, 5.74) is 2.19. The predicted molar refractivity (Wildman–Crippen MR) is 103 cm³/mol. The first-order valence-electron chi connectivity index (χ1n) is 9.74. The number of aldehydes is 2. The highest BCUT2D eigenvalue weighted by Crippen LogP contribution is 2.28. The van der Waals surface area contributed by atoms with Crippen molar-refractivity contribution in [2.45, 2.75) is 84.7 Å². The Kier molecular flexibility index (Phi) is 9.34. The maximum absolute atomic E-state index is 10.5. The van der Waals surface area contributed by atoms with Gasteiger partial charge in [-0.25, -0.2) is 0 Å². The van der Waals surface area contributed by atoms with Crippen LogP contribution in [0.1, 0.15) is 79.1 Å². The second-order valence-electron chi connectivity index (χ2n) is 8.36. The summed E-state index contributed by atoms with van der Waals surface area (Å²) in [7, 11) is 0. The average Bonchev–Trinajstić information content (AvgIpc) is 2.55. The molecule has 3 nitrogen and oxygen atoms in total. The number of rotatable bonds is 6. The van der Waals surface area contributed by atoms with E-state index in [1.165, 1.54) is 17.6 Å². The Morgan fingerprint density at radius 1 is 1.20 bits per heavy atom. The molecule has 2 rings (SSSR count). The van der Waals surface area contributed by atoms with Crippen LogP contribution in [0.2, 0.25) is 0 Å². The Bertz CT molecular complexity index is 482. The molecule has 142 valence electrons. The number of carbonyl (C=O) groups excluding carboxylic acids is 2. The molecule has 1 N–H and O–H groups in total. The van der Waals surface area contributed by atoms with E-state index in [4.69, 9.17) is 0 Å². The van der Waals surface area contributed by atoms with Crippen molar-refractivity contribution in [3.8, 4) is 0 Å². The number of hydrogen-bond acceptors (Lipinski definition) is 3. The van der Waals surface area contributed by atoms with Gasteiger partial charge < -0.3 is 14.7 Å². The molecule has 0 radical (unpaired) electrons. The summed E-state index contributed by atoms with van der Waals surface area (Å²) in [6.07, 6.45) is 14.8. The van der Waals surface area contributed by atoms with Crippen LogP contribution in [0, 0.1) is 17.8 Å². The van der Waals surface area contributed by atoms with Gasteiger partial charge in [0.05, 0.1) is 5.60 Å². The van der Waals surface area contributed by atoms with E-state index in [0.29, 0.717) is 5.92 Å². The third kappa shape index (κ3) is 8.62. The van der Waals surface area contributed by atoms with Crippen LogP contribution in [0.4, 0.5) is 0 Å². The molecule has 3 unspecified atom stereocenters. The molecule has 0 fully saturated rings. The zero-order chi connectivity index (χ0) is 18.9. The van der Waals surface area contributed by atoms with Crippen LogP contribution >= 0.6 is 0 Å².